The van der Waals surface area contributed by atoms with E-state index in [0.717, 1.165) is 4.90 Å². The predicted octanol–water partition coefficient (Wildman–Crippen LogP) is 2.21. The highest BCUT2D eigenvalue weighted by Crippen LogP contribution is 2.22. The Hall–Kier alpha value is -1.04. The van der Waals surface area contributed by atoms with E-state index in [2.05, 4.69) is 43.0 Å². The molecule has 0 atom stereocenters. The summed E-state index contributed by atoms with van der Waals surface area (Å²) in [5, 5.41) is 0. The molecule has 0 saturated heterocycles. The van der Waals surface area contributed by atoms with E-state index in [1.165, 1.54) is 5.56 Å². The van der Waals surface area contributed by atoms with Gasteiger partial charge in [0, 0.05) is 10.6 Å². The minimum absolute atomic E-state index is 0.334. The summed E-state index contributed by atoms with van der Waals surface area (Å²) in [7, 11) is 0. The van der Waals surface area contributed by atoms with Crippen LogP contribution in [-0.2, 0) is 9.63 Å². The molecule has 4 nitrogen and oxygen atoms in total. The van der Waals surface area contributed by atoms with Crippen LogP contribution in [0.5, 0.6) is 0 Å². The first kappa shape index (κ1) is 14.0. The van der Waals surface area contributed by atoms with Crippen LogP contribution in [0, 0.1) is 0 Å². The van der Waals surface area contributed by atoms with Crippen molar-refractivity contribution in [1.82, 2.24) is 5.59 Å². The van der Waals surface area contributed by atoms with E-state index in [4.69, 9.17) is 5.84 Å². The van der Waals surface area contributed by atoms with Gasteiger partial charge in [-0.1, -0.05) is 31.6 Å². The SMILES string of the molecule is CC(C)c1ccc(SCCC(=O)ONN)cc1. The predicted molar refractivity (Wildman–Crippen MR) is 69.3 cm³/mol. The average Bonchev–Trinajstić information content (AvgIpc) is 2.30. The number of thioether (sulfide) groups is 1. The van der Waals surface area contributed by atoms with E-state index >= 15 is 0 Å². The molecule has 1 rings (SSSR count). The number of carbonyl (C=O) groups excluding carboxylic acids is 1. The van der Waals surface area contributed by atoms with E-state index in [1.807, 2.05) is 5.59 Å². The second-order valence-corrected chi connectivity index (χ2v) is 5.08. The van der Waals surface area contributed by atoms with Crippen molar-refractivity contribution in [1.29, 1.82) is 0 Å². The summed E-state index contributed by atoms with van der Waals surface area (Å²) >= 11 is 1.63. The Morgan fingerprint density at radius 1 is 1.41 bits per heavy atom. The number of hydrogen-bond acceptors (Lipinski definition) is 5. The molecule has 0 aromatic heterocycles. The van der Waals surface area contributed by atoms with Crippen molar-refractivity contribution in [2.45, 2.75) is 31.1 Å². The molecule has 1 aromatic rings. The normalized spacial score (nSPS) is 10.6. The molecule has 17 heavy (non-hydrogen) atoms. The highest BCUT2D eigenvalue weighted by Gasteiger charge is 2.03. The fourth-order valence-corrected chi connectivity index (χ4v) is 2.15. The van der Waals surface area contributed by atoms with Gasteiger partial charge in [0.25, 0.3) is 0 Å². The van der Waals surface area contributed by atoms with Crippen molar-refractivity contribution < 1.29 is 9.63 Å². The molecule has 94 valence electrons. The minimum Gasteiger partial charge on any atom is -0.356 e. The van der Waals surface area contributed by atoms with Crippen molar-refractivity contribution in [3.8, 4) is 0 Å². The first-order valence-corrected chi connectivity index (χ1v) is 6.50. The van der Waals surface area contributed by atoms with Crippen molar-refractivity contribution >= 4 is 17.7 Å². The maximum Gasteiger partial charge on any atom is 0.327 e. The Balaban J connectivity index is 2.35. The number of carbonyl (C=O) groups is 1. The third kappa shape index (κ3) is 5.21. The van der Waals surface area contributed by atoms with Crippen LogP contribution in [0.25, 0.3) is 0 Å². The molecular formula is C12H18N2O2S. The summed E-state index contributed by atoms with van der Waals surface area (Å²) in [6.45, 7) is 4.33. The topological polar surface area (TPSA) is 64.3 Å². The van der Waals surface area contributed by atoms with Gasteiger partial charge in [-0.3, -0.25) is 4.79 Å². The molecule has 0 bridgehead atoms. The summed E-state index contributed by atoms with van der Waals surface area (Å²) < 4.78 is 0. The summed E-state index contributed by atoms with van der Waals surface area (Å²) in [6, 6.07) is 8.39. The zero-order chi connectivity index (χ0) is 12.7. The highest BCUT2D eigenvalue weighted by molar-refractivity contribution is 7.99. The Bertz CT molecular complexity index is 352. The number of benzene rings is 1. The summed E-state index contributed by atoms with van der Waals surface area (Å²) in [4.78, 5) is 16.6. The van der Waals surface area contributed by atoms with Gasteiger partial charge in [-0.15, -0.1) is 11.8 Å². The van der Waals surface area contributed by atoms with Gasteiger partial charge >= 0.3 is 5.97 Å². The van der Waals surface area contributed by atoms with E-state index < -0.39 is 0 Å². The van der Waals surface area contributed by atoms with Crippen LogP contribution in [0.2, 0.25) is 0 Å². The largest absolute Gasteiger partial charge is 0.356 e. The number of nitrogens with two attached hydrogens (primary N) is 1. The second kappa shape index (κ2) is 7.32. The third-order valence-electron chi connectivity index (χ3n) is 2.29. The van der Waals surface area contributed by atoms with Gasteiger partial charge in [0.2, 0.25) is 0 Å². The summed E-state index contributed by atoms with van der Waals surface area (Å²) in [5.41, 5.74) is 3.20. The molecule has 5 heteroatoms. The lowest BCUT2D eigenvalue weighted by Crippen LogP contribution is -2.26. The van der Waals surface area contributed by atoms with Gasteiger partial charge < -0.3 is 4.84 Å². The van der Waals surface area contributed by atoms with Crippen LogP contribution in [-0.4, -0.2) is 11.7 Å². The highest BCUT2D eigenvalue weighted by atomic mass is 32.2. The Labute approximate surface area is 106 Å². The van der Waals surface area contributed by atoms with Crippen LogP contribution in [0.3, 0.4) is 0 Å². The van der Waals surface area contributed by atoms with Gasteiger partial charge in [0.1, 0.15) is 0 Å². The van der Waals surface area contributed by atoms with Crippen LogP contribution in [0.4, 0.5) is 0 Å². The van der Waals surface area contributed by atoms with E-state index in [0.29, 0.717) is 18.1 Å². The first-order valence-electron chi connectivity index (χ1n) is 5.51. The summed E-state index contributed by atoms with van der Waals surface area (Å²) in [6.07, 6.45) is 0.334. The van der Waals surface area contributed by atoms with Crippen LogP contribution < -0.4 is 11.4 Å². The number of nitrogens with one attached hydrogen (secondary N) is 1. The average molecular weight is 254 g/mol. The number of rotatable bonds is 6. The standard InChI is InChI=1S/C12H18N2O2S/c1-9(2)10-3-5-11(6-4-10)17-8-7-12(15)16-14-13/h3-6,9,14H,7-8,13H2,1-2H3. The fourth-order valence-electron chi connectivity index (χ4n) is 1.32. The lowest BCUT2D eigenvalue weighted by Gasteiger charge is -2.06. The molecule has 3 N–H and O–H groups in total. The van der Waals surface area contributed by atoms with Gasteiger partial charge in [0.05, 0.1) is 6.42 Å². The van der Waals surface area contributed by atoms with Crippen LogP contribution >= 0.6 is 11.8 Å². The van der Waals surface area contributed by atoms with E-state index in [9.17, 15) is 4.79 Å². The molecule has 0 aliphatic carbocycles. The molecule has 0 saturated carbocycles. The first-order chi connectivity index (χ1) is 8.13. The monoisotopic (exact) mass is 254 g/mol. The molecule has 0 heterocycles. The zero-order valence-corrected chi connectivity index (χ0v) is 10.9. The molecule has 0 amide bonds. The van der Waals surface area contributed by atoms with Crippen molar-refractivity contribution in [2.24, 2.45) is 5.84 Å². The molecule has 0 unspecified atom stereocenters. The van der Waals surface area contributed by atoms with Gasteiger partial charge in [0.15, 0.2) is 0 Å². The fraction of sp³-hybridized carbons (Fsp3) is 0.417. The molecule has 0 aliphatic heterocycles. The third-order valence-corrected chi connectivity index (χ3v) is 3.31. The molecule has 0 spiro atoms. The van der Waals surface area contributed by atoms with E-state index in [-0.39, 0.29) is 5.97 Å². The minimum atomic E-state index is -0.348. The van der Waals surface area contributed by atoms with Gasteiger partial charge in [-0.05, 0) is 23.6 Å². The van der Waals surface area contributed by atoms with E-state index in [1.54, 1.807) is 11.8 Å². The van der Waals surface area contributed by atoms with Crippen molar-refractivity contribution in [3.63, 3.8) is 0 Å². The lowest BCUT2D eigenvalue weighted by molar-refractivity contribution is -0.150. The van der Waals surface area contributed by atoms with Crippen LogP contribution in [0.1, 0.15) is 31.7 Å². The summed E-state index contributed by atoms with van der Waals surface area (Å²) in [5.74, 6) is 5.73. The molecular weight excluding hydrogens is 236 g/mol. The Morgan fingerprint density at radius 3 is 2.59 bits per heavy atom. The quantitative estimate of drug-likeness (QED) is 0.463. The van der Waals surface area contributed by atoms with Gasteiger partial charge in [-0.2, -0.15) is 0 Å². The lowest BCUT2D eigenvalue weighted by atomic mass is 10.0. The maximum absolute atomic E-state index is 11.0. The Morgan fingerprint density at radius 2 is 2.06 bits per heavy atom. The van der Waals surface area contributed by atoms with Crippen LogP contribution in [0.15, 0.2) is 29.2 Å². The van der Waals surface area contributed by atoms with Crippen molar-refractivity contribution in [2.75, 3.05) is 5.75 Å². The molecule has 0 radical (unpaired) electrons. The maximum atomic E-state index is 11.0. The molecule has 0 fully saturated rings. The smallest absolute Gasteiger partial charge is 0.327 e. The molecule has 1 aromatic carbocycles. The second-order valence-electron chi connectivity index (χ2n) is 3.91. The Kier molecular flexibility index (Phi) is 6.04. The zero-order valence-electron chi connectivity index (χ0n) is 10.1. The molecule has 0 aliphatic rings. The number of hydrazine groups is 1. The number of hydrogen-bond donors (Lipinski definition) is 2. The van der Waals surface area contributed by atoms with Gasteiger partial charge in [-0.25, -0.2) is 5.84 Å². The van der Waals surface area contributed by atoms with Crippen molar-refractivity contribution in [3.05, 3.63) is 29.8 Å².